The molecule has 2 fully saturated rings. The fraction of sp³-hybridized carbons (Fsp3) is 0.600. The number of rotatable bonds is 5. The van der Waals surface area contributed by atoms with Gasteiger partial charge in [-0.15, -0.1) is 0 Å². The van der Waals surface area contributed by atoms with E-state index in [1.54, 1.807) is 0 Å². The van der Waals surface area contributed by atoms with Crippen molar-refractivity contribution in [2.75, 3.05) is 6.54 Å². The summed E-state index contributed by atoms with van der Waals surface area (Å²) in [5, 5.41) is 4.60. The highest BCUT2D eigenvalue weighted by atomic mass is 35.5. The van der Waals surface area contributed by atoms with E-state index in [0.717, 1.165) is 22.8 Å². The summed E-state index contributed by atoms with van der Waals surface area (Å²) in [4.78, 5) is 0. The molecule has 3 atom stereocenters. The maximum Gasteiger partial charge on any atom is 0.0406 e. The zero-order valence-corrected chi connectivity index (χ0v) is 11.1. The molecule has 0 bridgehead atoms. The van der Waals surface area contributed by atoms with Crippen molar-refractivity contribution in [1.29, 1.82) is 0 Å². The van der Waals surface area contributed by atoms with Crippen LogP contribution in [0, 0.1) is 17.8 Å². The Labute approximate surface area is 109 Å². The normalized spacial score (nSPS) is 29.1. The van der Waals surface area contributed by atoms with E-state index in [2.05, 4.69) is 24.4 Å². The van der Waals surface area contributed by atoms with Gasteiger partial charge in [0.15, 0.2) is 0 Å². The fourth-order valence-corrected chi connectivity index (χ4v) is 2.74. The molecule has 0 saturated heterocycles. The molecule has 2 saturated carbocycles. The molecule has 1 N–H and O–H groups in total. The Kier molecular flexibility index (Phi) is 3.14. The third kappa shape index (κ3) is 2.83. The van der Waals surface area contributed by atoms with Crippen molar-refractivity contribution in [3.05, 3.63) is 34.9 Å². The lowest BCUT2D eigenvalue weighted by Crippen LogP contribution is -2.25. The van der Waals surface area contributed by atoms with E-state index >= 15 is 0 Å². The van der Waals surface area contributed by atoms with Crippen molar-refractivity contribution in [2.45, 2.75) is 32.2 Å². The van der Waals surface area contributed by atoms with E-state index < -0.39 is 0 Å². The molecule has 0 spiro atoms. The van der Waals surface area contributed by atoms with Gasteiger partial charge in [0.25, 0.3) is 0 Å². The van der Waals surface area contributed by atoms with E-state index in [4.69, 9.17) is 11.6 Å². The second-order valence-corrected chi connectivity index (χ2v) is 6.18. The zero-order chi connectivity index (χ0) is 11.8. The van der Waals surface area contributed by atoms with Crippen molar-refractivity contribution in [2.24, 2.45) is 17.8 Å². The van der Waals surface area contributed by atoms with Crippen LogP contribution in [0.15, 0.2) is 24.3 Å². The smallest absolute Gasteiger partial charge is 0.0406 e. The quantitative estimate of drug-likeness (QED) is 0.831. The molecule has 2 aliphatic carbocycles. The number of nitrogens with one attached hydrogen (secondary N) is 1. The minimum absolute atomic E-state index is 0.556. The van der Waals surface area contributed by atoms with Crippen LogP contribution in [-0.2, 0) is 0 Å². The Bertz CT molecular complexity index is 382. The van der Waals surface area contributed by atoms with Crippen molar-refractivity contribution in [3.8, 4) is 0 Å². The molecule has 92 valence electrons. The van der Waals surface area contributed by atoms with Crippen LogP contribution < -0.4 is 5.32 Å². The number of hydrogen-bond acceptors (Lipinski definition) is 1. The van der Waals surface area contributed by atoms with Gasteiger partial charge in [-0.05, 0) is 61.3 Å². The summed E-state index contributed by atoms with van der Waals surface area (Å²) >= 11 is 5.95. The summed E-state index contributed by atoms with van der Waals surface area (Å²) in [6, 6.07) is 8.92. The Morgan fingerprint density at radius 3 is 2.47 bits per heavy atom. The molecule has 2 heteroatoms. The van der Waals surface area contributed by atoms with Gasteiger partial charge in [0.1, 0.15) is 0 Å². The van der Waals surface area contributed by atoms with Gasteiger partial charge in [-0.2, -0.15) is 0 Å². The first-order valence-electron chi connectivity index (χ1n) is 6.73. The van der Waals surface area contributed by atoms with E-state index in [9.17, 15) is 0 Å². The van der Waals surface area contributed by atoms with Crippen LogP contribution in [0.3, 0.4) is 0 Å². The fourth-order valence-electron chi connectivity index (χ4n) is 2.62. The van der Waals surface area contributed by atoms with Crippen LogP contribution in [0.4, 0.5) is 0 Å². The van der Waals surface area contributed by atoms with Crippen LogP contribution >= 0.6 is 11.6 Å². The average Bonchev–Trinajstić information content (AvgIpc) is 3.20. The summed E-state index contributed by atoms with van der Waals surface area (Å²) in [5.41, 5.74) is 1.41. The van der Waals surface area contributed by atoms with E-state index in [1.165, 1.54) is 31.4 Å². The molecule has 0 heterocycles. The molecule has 1 aromatic carbocycles. The molecular formula is C15H20ClN. The third-order valence-electron chi connectivity index (χ3n) is 4.20. The Balaban J connectivity index is 1.64. The average molecular weight is 250 g/mol. The van der Waals surface area contributed by atoms with Gasteiger partial charge in [0.05, 0.1) is 0 Å². The maximum atomic E-state index is 5.95. The molecule has 17 heavy (non-hydrogen) atoms. The first-order chi connectivity index (χ1) is 8.24. The molecular weight excluding hydrogens is 230 g/mol. The van der Waals surface area contributed by atoms with Crippen molar-refractivity contribution in [1.82, 2.24) is 5.32 Å². The monoisotopic (exact) mass is 249 g/mol. The van der Waals surface area contributed by atoms with Gasteiger partial charge < -0.3 is 5.32 Å². The number of benzene rings is 1. The second-order valence-electron chi connectivity index (χ2n) is 5.75. The first kappa shape index (κ1) is 11.6. The van der Waals surface area contributed by atoms with Crippen molar-refractivity contribution >= 4 is 11.6 Å². The van der Waals surface area contributed by atoms with Gasteiger partial charge in [-0.1, -0.05) is 30.7 Å². The lowest BCUT2D eigenvalue weighted by Gasteiger charge is -2.19. The highest BCUT2D eigenvalue weighted by Crippen LogP contribution is 2.43. The van der Waals surface area contributed by atoms with Crippen LogP contribution in [0.1, 0.15) is 37.8 Å². The molecule has 0 aromatic heterocycles. The minimum Gasteiger partial charge on any atom is -0.309 e. The lowest BCUT2D eigenvalue weighted by molar-refractivity contribution is 0.462. The van der Waals surface area contributed by atoms with Gasteiger partial charge in [-0.3, -0.25) is 0 Å². The summed E-state index contributed by atoms with van der Waals surface area (Å²) in [7, 11) is 0. The number of hydrogen-bond donors (Lipinski definition) is 1. The Hall–Kier alpha value is -0.530. The number of halogens is 1. The maximum absolute atomic E-state index is 5.95. The lowest BCUT2D eigenvalue weighted by atomic mass is 10.0. The van der Waals surface area contributed by atoms with Crippen molar-refractivity contribution in [3.63, 3.8) is 0 Å². The highest BCUT2D eigenvalue weighted by Gasteiger charge is 2.36. The second kappa shape index (κ2) is 4.62. The van der Waals surface area contributed by atoms with Gasteiger partial charge in [0.2, 0.25) is 0 Å². The standard InChI is InChI=1S/C15H20ClN/c1-10-8-13(10)9-17-15(11-2-3-11)12-4-6-14(16)7-5-12/h4-7,10-11,13,15,17H,2-3,8-9H2,1H3. The SMILES string of the molecule is CC1CC1CNC(c1ccc(Cl)cc1)C1CC1. The molecule has 0 radical (unpaired) electrons. The van der Waals surface area contributed by atoms with Crippen LogP contribution in [0.2, 0.25) is 5.02 Å². The molecule has 2 aliphatic rings. The summed E-state index contributed by atoms with van der Waals surface area (Å²) < 4.78 is 0. The van der Waals surface area contributed by atoms with E-state index in [0.29, 0.717) is 6.04 Å². The molecule has 1 aromatic rings. The molecule has 3 rings (SSSR count). The first-order valence-corrected chi connectivity index (χ1v) is 7.10. The molecule has 0 aliphatic heterocycles. The van der Waals surface area contributed by atoms with Crippen molar-refractivity contribution < 1.29 is 0 Å². The molecule has 1 nitrogen and oxygen atoms in total. The predicted molar refractivity (Wildman–Crippen MR) is 72.2 cm³/mol. The van der Waals surface area contributed by atoms with Crippen LogP contribution in [0.25, 0.3) is 0 Å². The van der Waals surface area contributed by atoms with Crippen LogP contribution in [0.5, 0.6) is 0 Å². The highest BCUT2D eigenvalue weighted by molar-refractivity contribution is 6.30. The third-order valence-corrected chi connectivity index (χ3v) is 4.45. The predicted octanol–water partition coefficient (Wildman–Crippen LogP) is 4.04. The van der Waals surface area contributed by atoms with Crippen LogP contribution in [-0.4, -0.2) is 6.54 Å². The van der Waals surface area contributed by atoms with Gasteiger partial charge >= 0.3 is 0 Å². The van der Waals surface area contributed by atoms with Gasteiger partial charge in [0, 0.05) is 11.1 Å². The van der Waals surface area contributed by atoms with E-state index in [1.807, 2.05) is 12.1 Å². The van der Waals surface area contributed by atoms with Gasteiger partial charge in [-0.25, -0.2) is 0 Å². The largest absolute Gasteiger partial charge is 0.309 e. The summed E-state index contributed by atoms with van der Waals surface area (Å²) in [6.45, 7) is 3.53. The molecule has 0 amide bonds. The summed E-state index contributed by atoms with van der Waals surface area (Å²) in [6.07, 6.45) is 4.16. The van der Waals surface area contributed by atoms with E-state index in [-0.39, 0.29) is 0 Å². The topological polar surface area (TPSA) is 12.0 Å². The molecule has 3 unspecified atom stereocenters. The Morgan fingerprint density at radius 2 is 1.94 bits per heavy atom. The Morgan fingerprint density at radius 1 is 1.29 bits per heavy atom. The summed E-state index contributed by atoms with van der Waals surface area (Å²) in [5.74, 6) is 2.71. The minimum atomic E-state index is 0.556. The zero-order valence-electron chi connectivity index (χ0n) is 10.3.